The first-order valence-electron chi connectivity index (χ1n) is 5.76. The van der Waals surface area contributed by atoms with Gasteiger partial charge in [-0.1, -0.05) is 5.16 Å². The van der Waals surface area contributed by atoms with Crippen molar-refractivity contribution in [2.24, 2.45) is 0 Å². The Morgan fingerprint density at radius 2 is 1.94 bits per heavy atom. The maximum Gasteiger partial charge on any atom is 0.243 e. The monoisotopic (exact) mass is 225 g/mol. The summed E-state index contributed by atoms with van der Waals surface area (Å²) in [5.41, 5.74) is 0. The molecule has 1 aromatic heterocycles. The first-order valence-corrected chi connectivity index (χ1v) is 5.76. The van der Waals surface area contributed by atoms with Crippen molar-refractivity contribution in [3.63, 3.8) is 0 Å². The zero-order valence-corrected chi connectivity index (χ0v) is 10.3. The molecule has 1 aromatic rings. The number of hydrogen-bond donors (Lipinski definition) is 0. The highest BCUT2D eigenvalue weighted by Gasteiger charge is 2.28. The van der Waals surface area contributed by atoms with Gasteiger partial charge in [0, 0.05) is 13.1 Å². The van der Waals surface area contributed by atoms with Crippen molar-refractivity contribution in [1.82, 2.24) is 15.0 Å². The van der Waals surface area contributed by atoms with E-state index in [4.69, 9.17) is 9.26 Å². The molecule has 2 rings (SSSR count). The normalized spacial score (nSPS) is 29.2. The number of hydrogen-bond acceptors (Lipinski definition) is 5. The van der Waals surface area contributed by atoms with E-state index in [2.05, 4.69) is 35.8 Å². The molecule has 0 aliphatic carbocycles. The van der Waals surface area contributed by atoms with E-state index in [0.29, 0.717) is 11.7 Å². The maximum absolute atomic E-state index is 5.70. The lowest BCUT2D eigenvalue weighted by molar-refractivity contribution is -0.0818. The van der Waals surface area contributed by atoms with Crippen molar-refractivity contribution in [2.45, 2.75) is 45.9 Å². The van der Waals surface area contributed by atoms with E-state index in [1.54, 1.807) is 0 Å². The lowest BCUT2D eigenvalue weighted by Gasteiger charge is -2.37. The summed E-state index contributed by atoms with van der Waals surface area (Å²) < 4.78 is 10.9. The Labute approximate surface area is 95.8 Å². The van der Waals surface area contributed by atoms with Crippen LogP contribution in [0.3, 0.4) is 0 Å². The zero-order chi connectivity index (χ0) is 11.7. The summed E-state index contributed by atoms with van der Waals surface area (Å²) in [4.78, 5) is 6.60. The molecule has 0 N–H and O–H groups in total. The van der Waals surface area contributed by atoms with E-state index in [0.717, 1.165) is 13.1 Å². The smallest absolute Gasteiger partial charge is 0.243 e. The van der Waals surface area contributed by atoms with Gasteiger partial charge in [-0.3, -0.25) is 4.90 Å². The summed E-state index contributed by atoms with van der Waals surface area (Å²) in [6, 6.07) is 0.162. The van der Waals surface area contributed by atoms with Crippen LogP contribution in [0.4, 0.5) is 0 Å². The lowest BCUT2D eigenvalue weighted by atomic mass is 10.2. The number of aryl methyl sites for hydroxylation is 1. The summed E-state index contributed by atoms with van der Waals surface area (Å²) in [6.07, 6.45) is 0.519. The minimum absolute atomic E-state index is 0.162. The molecule has 90 valence electrons. The molecule has 1 aliphatic heterocycles. The van der Waals surface area contributed by atoms with Crippen LogP contribution in [0.15, 0.2) is 4.52 Å². The third-order valence-corrected chi connectivity index (χ3v) is 2.90. The van der Waals surface area contributed by atoms with Crippen LogP contribution in [-0.4, -0.2) is 40.3 Å². The Balaban J connectivity index is 2.06. The molecule has 1 saturated heterocycles. The van der Waals surface area contributed by atoms with Gasteiger partial charge in [-0.25, -0.2) is 0 Å². The number of nitrogens with zero attached hydrogens (tertiary/aromatic N) is 3. The van der Waals surface area contributed by atoms with Gasteiger partial charge >= 0.3 is 0 Å². The molecular formula is C11H19N3O2. The quantitative estimate of drug-likeness (QED) is 0.764. The third kappa shape index (κ3) is 2.41. The van der Waals surface area contributed by atoms with Crippen LogP contribution in [0.25, 0.3) is 0 Å². The average molecular weight is 225 g/mol. The third-order valence-electron chi connectivity index (χ3n) is 2.90. The van der Waals surface area contributed by atoms with Crippen molar-refractivity contribution >= 4 is 0 Å². The average Bonchev–Trinajstić information content (AvgIpc) is 2.62. The summed E-state index contributed by atoms with van der Waals surface area (Å²) >= 11 is 0. The fraction of sp³-hybridized carbons (Fsp3) is 0.818. The van der Waals surface area contributed by atoms with E-state index in [1.807, 2.05) is 6.92 Å². The Bertz CT molecular complexity index is 343. The Morgan fingerprint density at radius 3 is 2.44 bits per heavy atom. The van der Waals surface area contributed by atoms with E-state index < -0.39 is 0 Å². The predicted octanol–water partition coefficient (Wildman–Crippen LogP) is 1.55. The zero-order valence-electron chi connectivity index (χ0n) is 10.3. The molecular weight excluding hydrogens is 206 g/mol. The predicted molar refractivity (Wildman–Crippen MR) is 59.0 cm³/mol. The van der Waals surface area contributed by atoms with Crippen LogP contribution in [-0.2, 0) is 4.74 Å². The molecule has 0 saturated carbocycles. The van der Waals surface area contributed by atoms with Crippen molar-refractivity contribution < 1.29 is 9.26 Å². The molecule has 0 spiro atoms. The molecule has 0 amide bonds. The summed E-state index contributed by atoms with van der Waals surface area (Å²) in [6.45, 7) is 9.94. The van der Waals surface area contributed by atoms with E-state index in [-0.39, 0.29) is 18.2 Å². The summed E-state index contributed by atoms with van der Waals surface area (Å²) in [7, 11) is 0. The SMILES string of the molecule is Cc1noc([C@@H](C)N2C[C@@H](C)O[C@@H](C)C2)n1. The first kappa shape index (κ1) is 11.5. The molecule has 1 fully saturated rings. The molecule has 0 radical (unpaired) electrons. The van der Waals surface area contributed by atoms with Crippen LogP contribution < -0.4 is 0 Å². The van der Waals surface area contributed by atoms with Crippen molar-refractivity contribution in [1.29, 1.82) is 0 Å². The van der Waals surface area contributed by atoms with Crippen LogP contribution in [0, 0.1) is 6.92 Å². The van der Waals surface area contributed by atoms with Gasteiger partial charge in [0.2, 0.25) is 5.89 Å². The van der Waals surface area contributed by atoms with Crippen molar-refractivity contribution in [3.05, 3.63) is 11.7 Å². The molecule has 5 heteroatoms. The fourth-order valence-corrected chi connectivity index (χ4v) is 2.17. The van der Waals surface area contributed by atoms with E-state index in [9.17, 15) is 0 Å². The van der Waals surface area contributed by atoms with Crippen LogP contribution in [0.5, 0.6) is 0 Å². The van der Waals surface area contributed by atoms with Gasteiger partial charge in [-0.05, 0) is 27.7 Å². The Kier molecular flexibility index (Phi) is 3.25. The van der Waals surface area contributed by atoms with Crippen molar-refractivity contribution in [3.8, 4) is 0 Å². The number of aromatic nitrogens is 2. The lowest BCUT2D eigenvalue weighted by Crippen LogP contribution is -2.46. The molecule has 2 heterocycles. The molecule has 5 nitrogen and oxygen atoms in total. The van der Waals surface area contributed by atoms with E-state index in [1.165, 1.54) is 0 Å². The molecule has 0 bridgehead atoms. The van der Waals surface area contributed by atoms with Crippen molar-refractivity contribution in [2.75, 3.05) is 13.1 Å². The second-order valence-corrected chi connectivity index (χ2v) is 4.57. The minimum atomic E-state index is 0.162. The van der Waals surface area contributed by atoms with Crippen LogP contribution in [0.1, 0.15) is 38.5 Å². The highest BCUT2D eigenvalue weighted by atomic mass is 16.5. The highest BCUT2D eigenvalue weighted by Crippen LogP contribution is 2.22. The van der Waals surface area contributed by atoms with Gasteiger partial charge in [-0.2, -0.15) is 4.98 Å². The van der Waals surface area contributed by atoms with Gasteiger partial charge in [0.25, 0.3) is 0 Å². The number of rotatable bonds is 2. The standard InChI is InChI=1S/C11H19N3O2/c1-7-5-14(6-8(2)15-7)9(3)11-12-10(4)13-16-11/h7-9H,5-6H2,1-4H3/t7-,8+,9-/m1/s1. The Morgan fingerprint density at radius 1 is 1.31 bits per heavy atom. The second-order valence-electron chi connectivity index (χ2n) is 4.57. The maximum atomic E-state index is 5.70. The van der Waals surface area contributed by atoms with Gasteiger partial charge in [-0.15, -0.1) is 0 Å². The molecule has 16 heavy (non-hydrogen) atoms. The molecule has 3 atom stereocenters. The topological polar surface area (TPSA) is 51.4 Å². The van der Waals surface area contributed by atoms with Crippen LogP contribution in [0.2, 0.25) is 0 Å². The van der Waals surface area contributed by atoms with E-state index >= 15 is 0 Å². The molecule has 1 aliphatic rings. The Hall–Kier alpha value is -0.940. The van der Waals surface area contributed by atoms with Crippen LogP contribution >= 0.6 is 0 Å². The van der Waals surface area contributed by atoms with Gasteiger partial charge in [0.05, 0.1) is 18.2 Å². The summed E-state index contributed by atoms with van der Waals surface area (Å²) in [5, 5.41) is 3.83. The van der Waals surface area contributed by atoms with Gasteiger partial charge in [0.15, 0.2) is 5.82 Å². The largest absolute Gasteiger partial charge is 0.373 e. The number of morpholine rings is 1. The summed E-state index contributed by atoms with van der Waals surface area (Å²) in [5.74, 6) is 1.38. The fourth-order valence-electron chi connectivity index (χ4n) is 2.17. The van der Waals surface area contributed by atoms with Gasteiger partial charge < -0.3 is 9.26 Å². The number of ether oxygens (including phenoxy) is 1. The molecule has 0 aromatic carbocycles. The first-order chi connectivity index (χ1) is 7.56. The highest BCUT2D eigenvalue weighted by molar-refractivity contribution is 4.92. The van der Waals surface area contributed by atoms with Gasteiger partial charge in [0.1, 0.15) is 0 Å². The minimum Gasteiger partial charge on any atom is -0.373 e. The second kappa shape index (κ2) is 4.51. The molecule has 0 unspecified atom stereocenters.